The molecular weight excluding hydrogens is 280 g/mol. The van der Waals surface area contributed by atoms with Gasteiger partial charge in [-0.3, -0.25) is 9.59 Å². The van der Waals surface area contributed by atoms with Crippen molar-refractivity contribution < 1.29 is 14.3 Å². The van der Waals surface area contributed by atoms with Gasteiger partial charge < -0.3 is 15.0 Å². The van der Waals surface area contributed by atoms with Crippen molar-refractivity contribution >= 4 is 11.8 Å². The van der Waals surface area contributed by atoms with Crippen molar-refractivity contribution in [2.75, 3.05) is 20.2 Å². The number of piperidine rings is 1. The first kappa shape index (κ1) is 16.3. The number of likely N-dealkylation sites (tertiary alicyclic amines) is 1. The number of methoxy groups -OCH3 is 1. The molecule has 0 radical (unpaired) electrons. The molecule has 2 rings (SSSR count). The molecule has 22 heavy (non-hydrogen) atoms. The van der Waals surface area contributed by atoms with Crippen molar-refractivity contribution in [1.82, 2.24) is 10.2 Å². The van der Waals surface area contributed by atoms with Gasteiger partial charge in [0.1, 0.15) is 5.75 Å². The summed E-state index contributed by atoms with van der Waals surface area (Å²) in [4.78, 5) is 25.6. The first-order valence-corrected chi connectivity index (χ1v) is 7.82. The van der Waals surface area contributed by atoms with Crippen molar-refractivity contribution in [3.8, 4) is 5.75 Å². The van der Waals surface area contributed by atoms with Gasteiger partial charge in [-0.25, -0.2) is 0 Å². The minimum Gasteiger partial charge on any atom is -0.497 e. The molecule has 2 amide bonds. The number of hydrogen-bond acceptors (Lipinski definition) is 3. The molecule has 1 fully saturated rings. The first-order valence-electron chi connectivity index (χ1n) is 7.82. The van der Waals surface area contributed by atoms with Gasteiger partial charge in [-0.15, -0.1) is 0 Å². The Balaban J connectivity index is 1.77. The molecule has 5 nitrogen and oxygen atoms in total. The standard InChI is InChI=1S/C17H24N2O3/c1-3-17(21)19-10-8-14(9-11-19)18-16(20)12-13-4-6-15(22-2)7-5-13/h4-7,14H,3,8-12H2,1-2H3,(H,18,20). The fourth-order valence-electron chi connectivity index (χ4n) is 2.70. The van der Waals surface area contributed by atoms with E-state index in [1.807, 2.05) is 36.1 Å². The second-order valence-corrected chi connectivity index (χ2v) is 5.60. The molecule has 0 atom stereocenters. The maximum Gasteiger partial charge on any atom is 0.224 e. The van der Waals surface area contributed by atoms with Gasteiger partial charge in [-0.2, -0.15) is 0 Å². The molecule has 0 aliphatic carbocycles. The van der Waals surface area contributed by atoms with Gasteiger partial charge in [-0.05, 0) is 30.5 Å². The molecule has 1 aromatic carbocycles. The number of carbonyl (C=O) groups is 2. The average Bonchev–Trinajstić information content (AvgIpc) is 2.55. The van der Waals surface area contributed by atoms with Gasteiger partial charge in [0.05, 0.1) is 13.5 Å². The summed E-state index contributed by atoms with van der Waals surface area (Å²) >= 11 is 0. The zero-order valence-corrected chi connectivity index (χ0v) is 13.3. The smallest absolute Gasteiger partial charge is 0.224 e. The third kappa shape index (κ3) is 4.48. The SMILES string of the molecule is CCC(=O)N1CCC(NC(=O)Cc2ccc(OC)cc2)CC1. The number of nitrogens with zero attached hydrogens (tertiary/aromatic N) is 1. The van der Waals surface area contributed by atoms with E-state index in [9.17, 15) is 9.59 Å². The number of amides is 2. The number of benzene rings is 1. The van der Waals surface area contributed by atoms with E-state index in [0.29, 0.717) is 12.8 Å². The van der Waals surface area contributed by atoms with Crippen LogP contribution in [-0.4, -0.2) is 43.0 Å². The summed E-state index contributed by atoms with van der Waals surface area (Å²) in [5.74, 6) is 1.02. The zero-order valence-electron chi connectivity index (χ0n) is 13.3. The summed E-state index contributed by atoms with van der Waals surface area (Å²) in [6.07, 6.45) is 2.59. The van der Waals surface area contributed by atoms with E-state index in [2.05, 4.69) is 5.32 Å². The molecule has 1 aliphatic rings. The summed E-state index contributed by atoms with van der Waals surface area (Å²) in [5.41, 5.74) is 0.969. The van der Waals surface area contributed by atoms with E-state index in [1.54, 1.807) is 7.11 Å². The maximum absolute atomic E-state index is 12.1. The molecular formula is C17H24N2O3. The number of carbonyl (C=O) groups excluding carboxylic acids is 2. The van der Waals surface area contributed by atoms with Crippen LogP contribution in [-0.2, 0) is 16.0 Å². The lowest BCUT2D eigenvalue weighted by Gasteiger charge is -2.32. The monoisotopic (exact) mass is 304 g/mol. The van der Waals surface area contributed by atoms with Gasteiger partial charge in [0.2, 0.25) is 11.8 Å². The highest BCUT2D eigenvalue weighted by molar-refractivity contribution is 5.79. The Morgan fingerprint density at radius 2 is 1.86 bits per heavy atom. The first-order chi connectivity index (χ1) is 10.6. The van der Waals surface area contributed by atoms with Gasteiger partial charge in [0, 0.05) is 25.6 Å². The van der Waals surface area contributed by atoms with E-state index < -0.39 is 0 Å². The quantitative estimate of drug-likeness (QED) is 0.901. The zero-order chi connectivity index (χ0) is 15.9. The highest BCUT2D eigenvalue weighted by Gasteiger charge is 2.22. The van der Waals surface area contributed by atoms with Crippen molar-refractivity contribution in [2.45, 2.75) is 38.6 Å². The highest BCUT2D eigenvalue weighted by atomic mass is 16.5. The van der Waals surface area contributed by atoms with E-state index in [0.717, 1.165) is 37.2 Å². The normalized spacial score (nSPS) is 15.5. The van der Waals surface area contributed by atoms with E-state index >= 15 is 0 Å². The van der Waals surface area contributed by atoms with Crippen molar-refractivity contribution in [3.63, 3.8) is 0 Å². The summed E-state index contributed by atoms with van der Waals surface area (Å²) < 4.78 is 5.10. The maximum atomic E-state index is 12.1. The Bertz CT molecular complexity index is 505. The van der Waals surface area contributed by atoms with Crippen LogP contribution in [0.3, 0.4) is 0 Å². The summed E-state index contributed by atoms with van der Waals surface area (Å²) in [6, 6.07) is 7.70. The van der Waals surface area contributed by atoms with Gasteiger partial charge >= 0.3 is 0 Å². The van der Waals surface area contributed by atoms with Crippen LogP contribution in [0.25, 0.3) is 0 Å². The Hall–Kier alpha value is -2.04. The van der Waals surface area contributed by atoms with Gasteiger partial charge in [0.25, 0.3) is 0 Å². The molecule has 1 heterocycles. The van der Waals surface area contributed by atoms with Crippen LogP contribution in [0, 0.1) is 0 Å². The van der Waals surface area contributed by atoms with Crippen molar-refractivity contribution in [1.29, 1.82) is 0 Å². The molecule has 0 saturated carbocycles. The fourth-order valence-corrected chi connectivity index (χ4v) is 2.70. The molecule has 0 aromatic heterocycles. The molecule has 1 saturated heterocycles. The molecule has 1 aromatic rings. The molecule has 0 bridgehead atoms. The van der Waals surface area contributed by atoms with Crippen LogP contribution < -0.4 is 10.1 Å². The minimum absolute atomic E-state index is 0.0328. The summed E-state index contributed by atoms with van der Waals surface area (Å²) in [7, 11) is 1.62. The van der Waals surface area contributed by atoms with E-state index in [1.165, 1.54) is 0 Å². The second-order valence-electron chi connectivity index (χ2n) is 5.60. The number of rotatable bonds is 5. The van der Waals surface area contributed by atoms with Crippen LogP contribution in [0.4, 0.5) is 0 Å². The van der Waals surface area contributed by atoms with Gasteiger partial charge in [0.15, 0.2) is 0 Å². The van der Waals surface area contributed by atoms with Crippen molar-refractivity contribution in [3.05, 3.63) is 29.8 Å². The van der Waals surface area contributed by atoms with Crippen LogP contribution in [0.2, 0.25) is 0 Å². The largest absolute Gasteiger partial charge is 0.497 e. The average molecular weight is 304 g/mol. The number of nitrogens with one attached hydrogen (secondary N) is 1. The van der Waals surface area contributed by atoms with E-state index in [4.69, 9.17) is 4.74 Å². The van der Waals surface area contributed by atoms with Crippen LogP contribution in [0.1, 0.15) is 31.7 Å². The predicted molar refractivity (Wildman–Crippen MR) is 84.7 cm³/mol. The molecule has 1 N–H and O–H groups in total. The third-order valence-electron chi connectivity index (χ3n) is 4.04. The topological polar surface area (TPSA) is 58.6 Å². The Morgan fingerprint density at radius 3 is 2.41 bits per heavy atom. The molecule has 0 spiro atoms. The van der Waals surface area contributed by atoms with E-state index in [-0.39, 0.29) is 17.9 Å². The lowest BCUT2D eigenvalue weighted by Crippen LogP contribution is -2.46. The Morgan fingerprint density at radius 1 is 1.23 bits per heavy atom. The Labute approximate surface area is 131 Å². The van der Waals surface area contributed by atoms with Crippen molar-refractivity contribution in [2.24, 2.45) is 0 Å². The molecule has 1 aliphatic heterocycles. The van der Waals surface area contributed by atoms with Crippen LogP contribution in [0.5, 0.6) is 5.75 Å². The predicted octanol–water partition coefficient (Wildman–Crippen LogP) is 1.75. The molecule has 0 unspecified atom stereocenters. The minimum atomic E-state index is 0.0328. The summed E-state index contributed by atoms with van der Waals surface area (Å²) in [6.45, 7) is 3.35. The lowest BCUT2D eigenvalue weighted by molar-refractivity contribution is -0.132. The number of ether oxygens (including phenoxy) is 1. The Kier molecular flexibility index (Phi) is 5.81. The molecule has 5 heteroatoms. The lowest BCUT2D eigenvalue weighted by atomic mass is 10.0. The van der Waals surface area contributed by atoms with Crippen LogP contribution >= 0.6 is 0 Å². The fraction of sp³-hybridized carbons (Fsp3) is 0.529. The second kappa shape index (κ2) is 7.82. The van der Waals surface area contributed by atoms with Gasteiger partial charge in [-0.1, -0.05) is 19.1 Å². The highest BCUT2D eigenvalue weighted by Crippen LogP contribution is 2.13. The summed E-state index contributed by atoms with van der Waals surface area (Å²) in [5, 5.41) is 3.07. The van der Waals surface area contributed by atoms with Crippen LogP contribution in [0.15, 0.2) is 24.3 Å². The number of hydrogen-bond donors (Lipinski definition) is 1. The third-order valence-corrected chi connectivity index (χ3v) is 4.04. The molecule has 120 valence electrons.